The molecule has 4 rings (SSSR count). The minimum atomic E-state index is -0.940. The zero-order chi connectivity index (χ0) is 17.6. The molecule has 9 heteroatoms. The van der Waals surface area contributed by atoms with Gasteiger partial charge in [-0.15, -0.1) is 0 Å². The van der Waals surface area contributed by atoms with E-state index in [1.54, 1.807) is 6.33 Å². The van der Waals surface area contributed by atoms with E-state index in [1.807, 2.05) is 24.5 Å². The topological polar surface area (TPSA) is 119 Å². The van der Waals surface area contributed by atoms with Crippen molar-refractivity contribution in [2.24, 2.45) is 0 Å². The fourth-order valence-electron chi connectivity index (χ4n) is 3.65. The Morgan fingerprint density at radius 1 is 1.40 bits per heavy atom. The molecular formula is C16H21N7O2. The molecule has 0 bridgehead atoms. The van der Waals surface area contributed by atoms with Crippen LogP contribution in [0.1, 0.15) is 30.8 Å². The quantitative estimate of drug-likeness (QED) is 0.720. The van der Waals surface area contributed by atoms with Crippen molar-refractivity contribution in [1.29, 1.82) is 0 Å². The highest BCUT2D eigenvalue weighted by atomic mass is 16.5. The Morgan fingerprint density at radius 3 is 2.96 bits per heavy atom. The summed E-state index contributed by atoms with van der Waals surface area (Å²) in [6.07, 6.45) is 3.87. The van der Waals surface area contributed by atoms with Gasteiger partial charge < -0.3 is 19.9 Å². The van der Waals surface area contributed by atoms with Crippen molar-refractivity contribution < 1.29 is 9.63 Å². The predicted octanol–water partition coefficient (Wildman–Crippen LogP) is 0.903. The number of β-amino-alcohol motifs (C(OH)–C–C–N with tert-alkyl or cyclic N) is 1. The number of aryl methyl sites for hydroxylation is 1. The van der Waals surface area contributed by atoms with E-state index in [0.717, 1.165) is 24.4 Å². The van der Waals surface area contributed by atoms with Gasteiger partial charge in [0.15, 0.2) is 11.5 Å². The second-order valence-corrected chi connectivity index (χ2v) is 6.88. The molecule has 1 fully saturated rings. The van der Waals surface area contributed by atoms with Crippen LogP contribution in [0.3, 0.4) is 0 Å². The predicted molar refractivity (Wildman–Crippen MR) is 90.5 cm³/mol. The molecule has 3 N–H and O–H groups in total. The lowest BCUT2D eigenvalue weighted by molar-refractivity contribution is -0.0583. The first-order valence-electron chi connectivity index (χ1n) is 8.24. The van der Waals surface area contributed by atoms with Crippen LogP contribution in [0.25, 0.3) is 11.2 Å². The maximum Gasteiger partial charge on any atom is 0.165 e. The van der Waals surface area contributed by atoms with Gasteiger partial charge in [0.05, 0.1) is 23.7 Å². The summed E-state index contributed by atoms with van der Waals surface area (Å²) in [4.78, 5) is 14.8. The van der Waals surface area contributed by atoms with Crippen molar-refractivity contribution >= 4 is 17.0 Å². The van der Waals surface area contributed by atoms with Crippen LogP contribution >= 0.6 is 0 Å². The summed E-state index contributed by atoms with van der Waals surface area (Å²) in [6, 6.07) is 1.78. The Morgan fingerprint density at radius 2 is 2.24 bits per heavy atom. The van der Waals surface area contributed by atoms with Crippen LogP contribution < -0.4 is 5.73 Å². The Labute approximate surface area is 144 Å². The number of nitrogens with two attached hydrogens (primary N) is 1. The van der Waals surface area contributed by atoms with E-state index < -0.39 is 5.60 Å². The second-order valence-electron chi connectivity index (χ2n) is 6.88. The molecule has 0 amide bonds. The van der Waals surface area contributed by atoms with Gasteiger partial charge in [-0.25, -0.2) is 15.0 Å². The lowest BCUT2D eigenvalue weighted by Gasteiger charge is -2.43. The first kappa shape index (κ1) is 16.0. The summed E-state index contributed by atoms with van der Waals surface area (Å²) < 4.78 is 7.03. The molecule has 3 aromatic heterocycles. The van der Waals surface area contributed by atoms with Crippen LogP contribution in [0.15, 0.2) is 23.2 Å². The maximum absolute atomic E-state index is 11.1. The van der Waals surface area contributed by atoms with Gasteiger partial charge in [-0.2, -0.15) is 0 Å². The number of imidazole rings is 1. The third kappa shape index (κ3) is 2.85. The minimum Gasteiger partial charge on any atom is -0.387 e. The molecule has 9 nitrogen and oxygen atoms in total. The van der Waals surface area contributed by atoms with Gasteiger partial charge in [-0.05, 0) is 20.3 Å². The third-order valence-corrected chi connectivity index (χ3v) is 4.77. The summed E-state index contributed by atoms with van der Waals surface area (Å²) in [5, 5.41) is 15.1. The Bertz CT molecular complexity index is 901. The molecule has 3 aromatic rings. The fraction of sp³-hybridized carbons (Fsp3) is 0.500. The number of rotatable bonds is 3. The molecule has 2 atom stereocenters. The van der Waals surface area contributed by atoms with Crippen molar-refractivity contribution in [3.05, 3.63) is 30.2 Å². The molecule has 1 saturated heterocycles. The van der Waals surface area contributed by atoms with Crippen molar-refractivity contribution in [2.45, 2.75) is 38.5 Å². The van der Waals surface area contributed by atoms with E-state index in [9.17, 15) is 5.11 Å². The standard InChI is InChI=1S/C16H21N7O2/c1-10-5-11(21-25-10)6-22-4-3-12(16(2,24)7-22)23-9-20-13-14(17)18-8-19-15(13)23/h5,8-9,12,24H,3-4,6-7H2,1-2H3,(H2,17,18,19)/t12-,16-/m1/s1. The minimum absolute atomic E-state index is 0.137. The molecule has 4 heterocycles. The Balaban J connectivity index is 1.57. The number of fused-ring (bicyclic) bond motifs is 1. The largest absolute Gasteiger partial charge is 0.387 e. The number of aliphatic hydroxyl groups is 1. The van der Waals surface area contributed by atoms with E-state index in [0.29, 0.717) is 30.1 Å². The molecule has 0 saturated carbocycles. The van der Waals surface area contributed by atoms with Crippen LogP contribution in [0.4, 0.5) is 5.82 Å². The Kier molecular flexibility index (Phi) is 3.69. The summed E-state index contributed by atoms with van der Waals surface area (Å²) in [5.41, 5.74) is 7.02. The average Bonchev–Trinajstić information content (AvgIpc) is 3.14. The molecule has 1 aliphatic heterocycles. The van der Waals surface area contributed by atoms with Crippen molar-refractivity contribution in [1.82, 2.24) is 29.6 Å². The number of nitrogen functional groups attached to an aromatic ring is 1. The van der Waals surface area contributed by atoms with E-state index in [1.165, 1.54) is 6.33 Å². The first-order chi connectivity index (χ1) is 11.9. The van der Waals surface area contributed by atoms with Gasteiger partial charge in [0, 0.05) is 25.7 Å². The van der Waals surface area contributed by atoms with Crippen molar-refractivity contribution in [2.75, 3.05) is 18.8 Å². The maximum atomic E-state index is 11.1. The lowest BCUT2D eigenvalue weighted by Crippen LogP contribution is -2.52. The molecule has 132 valence electrons. The molecule has 0 radical (unpaired) electrons. The van der Waals surface area contributed by atoms with Gasteiger partial charge in [0.25, 0.3) is 0 Å². The highest BCUT2D eigenvalue weighted by Crippen LogP contribution is 2.34. The number of anilines is 1. The van der Waals surface area contributed by atoms with Gasteiger partial charge in [0.1, 0.15) is 17.6 Å². The average molecular weight is 343 g/mol. The van der Waals surface area contributed by atoms with Gasteiger partial charge in [-0.3, -0.25) is 4.90 Å². The molecule has 0 aromatic carbocycles. The number of piperidine rings is 1. The van der Waals surface area contributed by atoms with Gasteiger partial charge in [0.2, 0.25) is 0 Å². The number of nitrogens with zero attached hydrogens (tertiary/aromatic N) is 6. The second kappa shape index (κ2) is 5.78. The molecule has 0 unspecified atom stereocenters. The molecule has 0 spiro atoms. The smallest absolute Gasteiger partial charge is 0.165 e. The number of hydrogen-bond donors (Lipinski definition) is 2. The normalized spacial score (nSPS) is 24.8. The summed E-state index contributed by atoms with van der Waals surface area (Å²) >= 11 is 0. The number of likely N-dealkylation sites (tertiary alicyclic amines) is 1. The summed E-state index contributed by atoms with van der Waals surface area (Å²) in [5.74, 6) is 1.14. The van der Waals surface area contributed by atoms with Crippen molar-refractivity contribution in [3.8, 4) is 0 Å². The van der Waals surface area contributed by atoms with E-state index in [2.05, 4.69) is 25.0 Å². The highest BCUT2D eigenvalue weighted by molar-refractivity contribution is 5.81. The fourth-order valence-corrected chi connectivity index (χ4v) is 3.65. The molecule has 25 heavy (non-hydrogen) atoms. The zero-order valence-corrected chi connectivity index (χ0v) is 14.3. The van der Waals surface area contributed by atoms with Crippen LogP contribution in [0.2, 0.25) is 0 Å². The Hall–Kier alpha value is -2.52. The van der Waals surface area contributed by atoms with Crippen molar-refractivity contribution in [3.63, 3.8) is 0 Å². The molecule has 1 aliphatic rings. The summed E-state index contributed by atoms with van der Waals surface area (Å²) in [6.45, 7) is 5.71. The first-order valence-corrected chi connectivity index (χ1v) is 8.24. The SMILES string of the molecule is Cc1cc(CN2CC[C@@H](n3cnc4c(N)ncnc43)[C@](C)(O)C2)no1. The summed E-state index contributed by atoms with van der Waals surface area (Å²) in [7, 11) is 0. The van der Waals surface area contributed by atoms with Gasteiger partial charge >= 0.3 is 0 Å². The number of aromatic nitrogens is 5. The lowest BCUT2D eigenvalue weighted by atomic mass is 9.88. The number of hydrogen-bond acceptors (Lipinski definition) is 8. The van der Waals surface area contributed by atoms with E-state index in [-0.39, 0.29) is 6.04 Å². The third-order valence-electron chi connectivity index (χ3n) is 4.77. The van der Waals surface area contributed by atoms with Crippen LogP contribution in [0, 0.1) is 6.92 Å². The molecular weight excluding hydrogens is 322 g/mol. The van der Waals surface area contributed by atoms with Gasteiger partial charge in [-0.1, -0.05) is 5.16 Å². The zero-order valence-electron chi connectivity index (χ0n) is 14.3. The van der Waals surface area contributed by atoms with E-state index in [4.69, 9.17) is 10.3 Å². The molecule has 0 aliphatic carbocycles. The highest BCUT2D eigenvalue weighted by Gasteiger charge is 2.40. The monoisotopic (exact) mass is 343 g/mol. The van der Waals surface area contributed by atoms with E-state index >= 15 is 0 Å². The van der Waals surface area contributed by atoms with Crippen LogP contribution in [-0.2, 0) is 6.54 Å². The van der Waals surface area contributed by atoms with Crippen LogP contribution in [0.5, 0.6) is 0 Å². The van der Waals surface area contributed by atoms with Crippen LogP contribution in [-0.4, -0.2) is 53.4 Å².